The standard InChI is InChI=1S/C10H5ClF3N2O/c1-5-2-3-6(4-7(5)11)8-15-9(17-16-8)10(12,13)14/h2-4H,1H2. The molecular weight excluding hydrogens is 257 g/mol. The molecule has 0 amide bonds. The number of rotatable bonds is 1. The third-order valence-corrected chi connectivity index (χ3v) is 2.33. The lowest BCUT2D eigenvalue weighted by Crippen LogP contribution is -2.04. The Balaban J connectivity index is 2.40. The second-order valence-corrected chi connectivity index (χ2v) is 3.63. The van der Waals surface area contributed by atoms with Crippen molar-refractivity contribution in [1.82, 2.24) is 10.1 Å². The van der Waals surface area contributed by atoms with Gasteiger partial charge in [-0.1, -0.05) is 28.9 Å². The van der Waals surface area contributed by atoms with Gasteiger partial charge < -0.3 is 4.52 Å². The number of alkyl halides is 3. The maximum Gasteiger partial charge on any atom is 0.471 e. The minimum atomic E-state index is -4.65. The van der Waals surface area contributed by atoms with Crippen LogP contribution in [0.25, 0.3) is 11.4 Å². The van der Waals surface area contributed by atoms with Gasteiger partial charge in [0.05, 0.1) is 0 Å². The molecule has 1 aromatic carbocycles. The molecule has 0 saturated heterocycles. The normalized spacial score (nSPS) is 11.8. The van der Waals surface area contributed by atoms with Crippen LogP contribution in [0.5, 0.6) is 0 Å². The van der Waals surface area contributed by atoms with Crippen LogP contribution >= 0.6 is 11.6 Å². The first-order chi connectivity index (χ1) is 7.88. The summed E-state index contributed by atoms with van der Waals surface area (Å²) < 4.78 is 40.8. The zero-order valence-corrected chi connectivity index (χ0v) is 9.01. The van der Waals surface area contributed by atoms with Crippen molar-refractivity contribution >= 4 is 11.6 Å². The summed E-state index contributed by atoms with van der Waals surface area (Å²) in [7, 11) is 0. The van der Waals surface area contributed by atoms with Crippen LogP contribution in [0, 0.1) is 6.92 Å². The predicted octanol–water partition coefficient (Wildman–Crippen LogP) is 3.59. The molecule has 0 atom stereocenters. The van der Waals surface area contributed by atoms with E-state index in [1.165, 1.54) is 12.1 Å². The van der Waals surface area contributed by atoms with E-state index in [1.54, 1.807) is 6.07 Å². The van der Waals surface area contributed by atoms with E-state index in [4.69, 9.17) is 11.6 Å². The van der Waals surface area contributed by atoms with Crippen molar-refractivity contribution < 1.29 is 17.7 Å². The van der Waals surface area contributed by atoms with Gasteiger partial charge >= 0.3 is 12.1 Å². The fourth-order valence-electron chi connectivity index (χ4n) is 1.14. The Labute approximate surface area is 99.2 Å². The van der Waals surface area contributed by atoms with Crippen LogP contribution < -0.4 is 0 Å². The number of nitrogens with zero attached hydrogens (tertiary/aromatic N) is 2. The van der Waals surface area contributed by atoms with Gasteiger partial charge in [0.1, 0.15) is 0 Å². The minimum absolute atomic E-state index is 0.167. The average Bonchev–Trinajstić information content (AvgIpc) is 2.70. The first kappa shape index (κ1) is 11.9. The van der Waals surface area contributed by atoms with Crippen LogP contribution in [0.3, 0.4) is 0 Å². The van der Waals surface area contributed by atoms with Crippen molar-refractivity contribution in [2.75, 3.05) is 0 Å². The molecule has 0 N–H and O–H groups in total. The second kappa shape index (κ2) is 4.03. The highest BCUT2D eigenvalue weighted by Crippen LogP contribution is 2.30. The molecule has 1 heterocycles. The Hall–Kier alpha value is -1.56. The quantitative estimate of drug-likeness (QED) is 0.787. The van der Waals surface area contributed by atoms with Gasteiger partial charge in [0, 0.05) is 10.6 Å². The van der Waals surface area contributed by atoms with Gasteiger partial charge in [0.15, 0.2) is 0 Å². The summed E-state index contributed by atoms with van der Waals surface area (Å²) in [5.74, 6) is -1.55. The van der Waals surface area contributed by atoms with Crippen molar-refractivity contribution in [2.45, 2.75) is 6.18 Å². The molecule has 2 rings (SSSR count). The van der Waals surface area contributed by atoms with E-state index in [0.717, 1.165) is 0 Å². The second-order valence-electron chi connectivity index (χ2n) is 3.23. The van der Waals surface area contributed by atoms with Gasteiger partial charge in [-0.25, -0.2) is 0 Å². The summed E-state index contributed by atoms with van der Waals surface area (Å²) in [5, 5.41) is 3.56. The van der Waals surface area contributed by atoms with Gasteiger partial charge in [-0.05, 0) is 18.6 Å². The van der Waals surface area contributed by atoms with Crippen molar-refractivity contribution in [3.8, 4) is 11.4 Å². The molecule has 89 valence electrons. The molecule has 1 radical (unpaired) electrons. The van der Waals surface area contributed by atoms with E-state index in [9.17, 15) is 13.2 Å². The summed E-state index contributed by atoms with van der Waals surface area (Å²) in [5.41, 5.74) is 0.900. The lowest BCUT2D eigenvalue weighted by Gasteiger charge is -1.99. The van der Waals surface area contributed by atoms with Crippen LogP contribution in [-0.2, 0) is 6.18 Å². The van der Waals surface area contributed by atoms with Crippen molar-refractivity contribution in [2.24, 2.45) is 0 Å². The minimum Gasteiger partial charge on any atom is -0.329 e. The van der Waals surface area contributed by atoms with Gasteiger partial charge in [0.2, 0.25) is 5.82 Å². The van der Waals surface area contributed by atoms with Crippen LogP contribution in [0.1, 0.15) is 11.5 Å². The highest BCUT2D eigenvalue weighted by atomic mass is 35.5. The number of hydrogen-bond donors (Lipinski definition) is 0. The molecule has 2 aromatic rings. The molecule has 0 aliphatic heterocycles. The number of halogens is 4. The number of benzene rings is 1. The first-order valence-corrected chi connectivity index (χ1v) is 4.78. The van der Waals surface area contributed by atoms with Crippen molar-refractivity contribution in [1.29, 1.82) is 0 Å². The van der Waals surface area contributed by atoms with Gasteiger partial charge in [-0.15, -0.1) is 0 Å². The molecule has 0 spiro atoms. The molecule has 0 saturated carbocycles. The molecule has 3 nitrogen and oxygen atoms in total. The third kappa shape index (κ3) is 2.41. The largest absolute Gasteiger partial charge is 0.471 e. The topological polar surface area (TPSA) is 38.9 Å². The Bertz CT molecular complexity index is 551. The van der Waals surface area contributed by atoms with E-state index < -0.39 is 12.1 Å². The lowest BCUT2D eigenvalue weighted by molar-refractivity contribution is -0.159. The maximum atomic E-state index is 12.2. The summed E-state index contributed by atoms with van der Waals surface area (Å²) in [4.78, 5) is 3.24. The third-order valence-electron chi connectivity index (χ3n) is 1.98. The van der Waals surface area contributed by atoms with E-state index in [2.05, 4.69) is 21.6 Å². The summed E-state index contributed by atoms with van der Waals surface area (Å²) in [6.45, 7) is 3.62. The maximum absolute atomic E-state index is 12.2. The summed E-state index contributed by atoms with van der Waals surface area (Å²) in [6, 6.07) is 4.50. The average molecular weight is 262 g/mol. The highest BCUT2D eigenvalue weighted by Gasteiger charge is 2.38. The van der Waals surface area contributed by atoms with Crippen LogP contribution in [0.2, 0.25) is 5.02 Å². The monoisotopic (exact) mass is 261 g/mol. The lowest BCUT2D eigenvalue weighted by atomic mass is 10.1. The SMILES string of the molecule is [CH2]c1ccc(-c2noc(C(F)(F)F)n2)cc1Cl. The van der Waals surface area contributed by atoms with Crippen LogP contribution in [-0.4, -0.2) is 10.1 Å². The van der Waals surface area contributed by atoms with Crippen LogP contribution in [0.4, 0.5) is 13.2 Å². The summed E-state index contributed by atoms with van der Waals surface area (Å²) >= 11 is 5.79. The smallest absolute Gasteiger partial charge is 0.329 e. The van der Waals surface area contributed by atoms with Crippen molar-refractivity contribution in [3.63, 3.8) is 0 Å². The van der Waals surface area contributed by atoms with E-state index in [-0.39, 0.29) is 5.82 Å². The number of aromatic nitrogens is 2. The Kier molecular flexibility index (Phi) is 2.82. The predicted molar refractivity (Wildman–Crippen MR) is 54.2 cm³/mol. The molecular formula is C10H5ClF3N2O. The molecule has 0 aliphatic carbocycles. The molecule has 0 unspecified atom stereocenters. The highest BCUT2D eigenvalue weighted by molar-refractivity contribution is 6.31. The zero-order chi connectivity index (χ0) is 12.6. The van der Waals surface area contributed by atoms with E-state index in [0.29, 0.717) is 16.1 Å². The molecule has 1 aromatic heterocycles. The Morgan fingerprint density at radius 2 is 2.00 bits per heavy atom. The van der Waals surface area contributed by atoms with Crippen LogP contribution in [0.15, 0.2) is 22.7 Å². The molecule has 0 aliphatic rings. The van der Waals surface area contributed by atoms with E-state index >= 15 is 0 Å². The fraction of sp³-hybridized carbons (Fsp3) is 0.100. The van der Waals surface area contributed by atoms with Crippen molar-refractivity contribution in [3.05, 3.63) is 41.6 Å². The van der Waals surface area contributed by atoms with E-state index in [1.807, 2.05) is 0 Å². The summed E-state index contributed by atoms with van der Waals surface area (Å²) in [6.07, 6.45) is -4.65. The molecule has 0 fully saturated rings. The molecule has 17 heavy (non-hydrogen) atoms. The van der Waals surface area contributed by atoms with Gasteiger partial charge in [-0.3, -0.25) is 0 Å². The first-order valence-electron chi connectivity index (χ1n) is 4.41. The molecule has 0 bridgehead atoms. The van der Waals surface area contributed by atoms with Gasteiger partial charge in [-0.2, -0.15) is 18.2 Å². The van der Waals surface area contributed by atoms with Gasteiger partial charge in [0.25, 0.3) is 0 Å². The molecule has 7 heteroatoms. The Morgan fingerprint density at radius 1 is 1.29 bits per heavy atom. The fourth-order valence-corrected chi connectivity index (χ4v) is 1.32. The number of hydrogen-bond acceptors (Lipinski definition) is 3. The zero-order valence-electron chi connectivity index (χ0n) is 8.25. The Morgan fingerprint density at radius 3 is 2.53 bits per heavy atom.